The van der Waals surface area contributed by atoms with Gasteiger partial charge in [-0.3, -0.25) is 14.8 Å². The van der Waals surface area contributed by atoms with Crippen molar-refractivity contribution in [3.63, 3.8) is 0 Å². The first-order valence-electron chi connectivity index (χ1n) is 7.87. The van der Waals surface area contributed by atoms with Gasteiger partial charge < -0.3 is 9.73 Å². The number of aromatic nitrogens is 2. The van der Waals surface area contributed by atoms with Gasteiger partial charge in [0.1, 0.15) is 17.4 Å². The van der Waals surface area contributed by atoms with E-state index in [4.69, 9.17) is 9.68 Å². The highest BCUT2D eigenvalue weighted by molar-refractivity contribution is 5.92. The molecule has 0 spiro atoms. The minimum Gasteiger partial charge on any atom is -0.444 e. The number of hydrogen-bond acceptors (Lipinski definition) is 5. The molecule has 2 rings (SSSR count). The van der Waals surface area contributed by atoms with Crippen molar-refractivity contribution in [2.24, 2.45) is 0 Å². The molecule has 0 radical (unpaired) electrons. The van der Waals surface area contributed by atoms with Crippen LogP contribution in [0.25, 0.3) is 0 Å². The van der Waals surface area contributed by atoms with Gasteiger partial charge in [0.25, 0.3) is 0 Å². The third-order valence-electron chi connectivity index (χ3n) is 4.21. The summed E-state index contributed by atoms with van der Waals surface area (Å²) in [6.45, 7) is 9.70. The Morgan fingerprint density at radius 1 is 1.42 bits per heavy atom. The van der Waals surface area contributed by atoms with E-state index in [2.05, 4.69) is 21.8 Å². The maximum Gasteiger partial charge on any atom is 0.240 e. The van der Waals surface area contributed by atoms with Gasteiger partial charge >= 0.3 is 0 Å². The Balaban J connectivity index is 1.91. The van der Waals surface area contributed by atoms with Gasteiger partial charge in [-0.25, -0.2) is 0 Å². The predicted octanol–water partition coefficient (Wildman–Crippen LogP) is 2.45. The van der Waals surface area contributed by atoms with E-state index in [1.54, 1.807) is 20.0 Å². The van der Waals surface area contributed by atoms with E-state index < -0.39 is 0 Å². The molecule has 7 nitrogen and oxygen atoms in total. The fraction of sp³-hybridized carbons (Fsp3) is 0.471. The number of rotatable bonds is 6. The largest absolute Gasteiger partial charge is 0.444 e. The summed E-state index contributed by atoms with van der Waals surface area (Å²) in [4.78, 5) is 12.1. The van der Waals surface area contributed by atoms with Crippen LogP contribution in [0.15, 0.2) is 16.8 Å². The normalized spacial score (nSPS) is 13.3. The van der Waals surface area contributed by atoms with Gasteiger partial charge in [-0.15, -0.1) is 0 Å². The zero-order chi connectivity index (χ0) is 17.9. The number of amides is 1. The van der Waals surface area contributed by atoms with Crippen molar-refractivity contribution in [3.8, 4) is 6.07 Å². The fourth-order valence-corrected chi connectivity index (χ4v) is 2.33. The van der Waals surface area contributed by atoms with Gasteiger partial charge in [0, 0.05) is 17.8 Å². The van der Waals surface area contributed by atoms with Crippen molar-refractivity contribution in [2.45, 2.75) is 46.7 Å². The van der Waals surface area contributed by atoms with Crippen LogP contribution in [-0.4, -0.2) is 28.3 Å². The van der Waals surface area contributed by atoms with E-state index in [0.717, 1.165) is 11.1 Å². The molecule has 0 fully saturated rings. The third kappa shape index (κ3) is 3.84. The monoisotopic (exact) mass is 329 g/mol. The van der Waals surface area contributed by atoms with Crippen LogP contribution >= 0.6 is 0 Å². The minimum atomic E-state index is -0.254. The molecule has 0 aromatic carbocycles. The molecule has 0 bridgehead atoms. The van der Waals surface area contributed by atoms with E-state index in [1.807, 2.05) is 31.6 Å². The second-order valence-electron chi connectivity index (χ2n) is 6.06. The van der Waals surface area contributed by atoms with Crippen molar-refractivity contribution in [2.75, 3.05) is 11.9 Å². The number of anilines is 1. The molecule has 0 saturated heterocycles. The van der Waals surface area contributed by atoms with Crippen molar-refractivity contribution < 1.29 is 9.21 Å². The van der Waals surface area contributed by atoms with Crippen LogP contribution in [0.2, 0.25) is 0 Å². The quantitative estimate of drug-likeness (QED) is 0.848. The first kappa shape index (κ1) is 17.8. The van der Waals surface area contributed by atoms with Crippen LogP contribution < -0.4 is 10.6 Å². The summed E-state index contributed by atoms with van der Waals surface area (Å²) < 4.78 is 7.31. The molecular formula is C17H23N5O2. The van der Waals surface area contributed by atoms with Gasteiger partial charge in [-0.05, 0) is 40.2 Å². The maximum atomic E-state index is 12.1. The summed E-state index contributed by atoms with van der Waals surface area (Å²) >= 11 is 0. The SMILES string of the molecule is Cc1cnn([C@@H](C)[C@H](C)NCC(=O)Nc2oc(C)c(C)c2C#N)c1. The van der Waals surface area contributed by atoms with Crippen molar-refractivity contribution in [1.29, 1.82) is 5.26 Å². The maximum absolute atomic E-state index is 12.1. The van der Waals surface area contributed by atoms with E-state index in [9.17, 15) is 4.79 Å². The lowest BCUT2D eigenvalue weighted by Gasteiger charge is -2.21. The minimum absolute atomic E-state index is 0.0468. The first-order valence-corrected chi connectivity index (χ1v) is 7.87. The number of carbonyl (C=O) groups is 1. The third-order valence-corrected chi connectivity index (χ3v) is 4.21. The highest BCUT2D eigenvalue weighted by atomic mass is 16.4. The molecule has 2 aromatic rings. The summed E-state index contributed by atoms with van der Waals surface area (Å²) in [5, 5.41) is 19.3. The average molecular weight is 329 g/mol. The summed E-state index contributed by atoms with van der Waals surface area (Å²) in [6, 6.07) is 2.21. The predicted molar refractivity (Wildman–Crippen MR) is 90.7 cm³/mol. The van der Waals surface area contributed by atoms with Crippen molar-refractivity contribution >= 4 is 11.8 Å². The van der Waals surface area contributed by atoms with Gasteiger partial charge in [-0.1, -0.05) is 0 Å². The van der Waals surface area contributed by atoms with Crippen LogP contribution in [0.1, 0.15) is 42.3 Å². The Bertz CT molecular complexity index is 769. The Morgan fingerprint density at radius 2 is 2.12 bits per heavy atom. The molecule has 0 aliphatic rings. The molecule has 0 aliphatic heterocycles. The van der Waals surface area contributed by atoms with Crippen LogP contribution in [0.3, 0.4) is 0 Å². The van der Waals surface area contributed by atoms with Gasteiger partial charge in [-0.2, -0.15) is 10.4 Å². The second-order valence-corrected chi connectivity index (χ2v) is 6.06. The molecule has 0 saturated carbocycles. The van der Waals surface area contributed by atoms with E-state index in [-0.39, 0.29) is 30.4 Å². The molecule has 2 aromatic heterocycles. The van der Waals surface area contributed by atoms with Crippen LogP contribution in [0.4, 0.5) is 5.88 Å². The molecule has 24 heavy (non-hydrogen) atoms. The van der Waals surface area contributed by atoms with Crippen molar-refractivity contribution in [3.05, 3.63) is 34.8 Å². The summed E-state index contributed by atoms with van der Waals surface area (Å²) in [5.41, 5.74) is 2.21. The lowest BCUT2D eigenvalue weighted by Crippen LogP contribution is -2.39. The van der Waals surface area contributed by atoms with Crippen LogP contribution in [0.5, 0.6) is 0 Å². The Labute approximate surface area is 141 Å². The topological polar surface area (TPSA) is 95.9 Å². The Kier molecular flexibility index (Phi) is 5.42. The number of nitrogens with zero attached hydrogens (tertiary/aromatic N) is 3. The smallest absolute Gasteiger partial charge is 0.240 e. The molecule has 1 amide bonds. The number of furan rings is 1. The second kappa shape index (κ2) is 7.32. The number of carbonyl (C=O) groups excluding carboxylic acids is 1. The fourth-order valence-electron chi connectivity index (χ4n) is 2.33. The highest BCUT2D eigenvalue weighted by Crippen LogP contribution is 2.25. The number of nitriles is 1. The number of hydrogen-bond donors (Lipinski definition) is 2. The standard InChI is InChI=1S/C17H23N5O2/c1-10-7-20-22(9-10)13(4)12(3)19-8-16(23)21-17-15(6-18)11(2)14(5)24-17/h7,9,12-13,19H,8H2,1-5H3,(H,21,23)/t12-,13-/m0/s1. The first-order chi connectivity index (χ1) is 11.3. The molecule has 128 valence electrons. The molecule has 2 heterocycles. The Hall–Kier alpha value is -2.59. The van der Waals surface area contributed by atoms with Crippen molar-refractivity contribution in [1.82, 2.24) is 15.1 Å². The van der Waals surface area contributed by atoms with E-state index >= 15 is 0 Å². The van der Waals surface area contributed by atoms with Crippen LogP contribution in [0, 0.1) is 32.1 Å². The molecule has 0 unspecified atom stereocenters. The molecular weight excluding hydrogens is 306 g/mol. The van der Waals surface area contributed by atoms with Gasteiger partial charge in [0.2, 0.25) is 11.8 Å². The summed E-state index contributed by atoms with van der Waals surface area (Å²) in [6.07, 6.45) is 3.78. The molecule has 2 atom stereocenters. The number of nitrogens with one attached hydrogen (secondary N) is 2. The highest BCUT2D eigenvalue weighted by Gasteiger charge is 2.18. The van der Waals surface area contributed by atoms with Gasteiger partial charge in [0.15, 0.2) is 0 Å². The number of aryl methyl sites for hydroxylation is 2. The lowest BCUT2D eigenvalue weighted by molar-refractivity contribution is -0.115. The summed E-state index contributed by atoms with van der Waals surface area (Å²) in [5.74, 6) is 0.587. The lowest BCUT2D eigenvalue weighted by atomic mass is 10.1. The van der Waals surface area contributed by atoms with Crippen LogP contribution in [-0.2, 0) is 4.79 Å². The zero-order valence-electron chi connectivity index (χ0n) is 14.7. The van der Waals surface area contributed by atoms with E-state index in [0.29, 0.717) is 11.3 Å². The Morgan fingerprint density at radius 3 is 2.71 bits per heavy atom. The summed E-state index contributed by atoms with van der Waals surface area (Å²) in [7, 11) is 0. The molecule has 0 aliphatic carbocycles. The molecule has 2 N–H and O–H groups in total. The zero-order valence-corrected chi connectivity index (χ0v) is 14.7. The van der Waals surface area contributed by atoms with E-state index in [1.165, 1.54) is 0 Å². The molecule has 7 heteroatoms. The van der Waals surface area contributed by atoms with Gasteiger partial charge in [0.05, 0.1) is 18.8 Å². The average Bonchev–Trinajstić information content (AvgIpc) is 3.08.